The lowest BCUT2D eigenvalue weighted by Crippen LogP contribution is -2.17. The minimum atomic E-state index is -3.88. The number of hydrogen-bond donors (Lipinski definition) is 2. The lowest BCUT2D eigenvalue weighted by Gasteiger charge is -2.13. The van der Waals surface area contributed by atoms with Crippen molar-refractivity contribution in [3.8, 4) is 5.75 Å². The van der Waals surface area contributed by atoms with Gasteiger partial charge in [0.2, 0.25) is 5.91 Å². The number of hydrogen-bond acceptors (Lipinski definition) is 6. The van der Waals surface area contributed by atoms with E-state index < -0.39 is 10.0 Å². The molecule has 30 heavy (non-hydrogen) atoms. The van der Waals surface area contributed by atoms with Gasteiger partial charge in [0, 0.05) is 28.0 Å². The van der Waals surface area contributed by atoms with Crippen LogP contribution in [0.4, 0.5) is 11.4 Å². The molecule has 0 spiro atoms. The number of carbonyl (C=O) groups excluding carboxylic acids is 1. The van der Waals surface area contributed by atoms with Crippen molar-refractivity contribution in [2.75, 3.05) is 22.9 Å². The number of nitrogens with one attached hydrogen (secondary N) is 2. The molecule has 0 aliphatic carbocycles. The Morgan fingerprint density at radius 3 is 2.47 bits per heavy atom. The molecule has 2 N–H and O–H groups in total. The fourth-order valence-electron chi connectivity index (χ4n) is 2.45. The minimum absolute atomic E-state index is 0.0182. The van der Waals surface area contributed by atoms with E-state index >= 15 is 0 Å². The highest BCUT2D eigenvalue weighted by atomic mass is 35.5. The molecule has 0 radical (unpaired) electrons. The summed E-state index contributed by atoms with van der Waals surface area (Å²) in [7, 11) is -2.44. The van der Waals surface area contributed by atoms with Crippen molar-refractivity contribution in [1.82, 2.24) is 4.98 Å². The first kappa shape index (κ1) is 21.9. The molecule has 0 unspecified atom stereocenters. The SMILES string of the molecule is COc1ccc(S(=O)(=O)Nc2ccc(Cl)cc2)cc1NC(=O)CSc1ccncc1. The Balaban J connectivity index is 1.75. The summed E-state index contributed by atoms with van der Waals surface area (Å²) < 4.78 is 33.2. The number of halogens is 1. The summed E-state index contributed by atoms with van der Waals surface area (Å²) in [4.78, 5) is 17.2. The number of ether oxygens (including phenoxy) is 1. The Hall–Kier alpha value is -2.75. The lowest BCUT2D eigenvalue weighted by molar-refractivity contribution is -0.113. The average Bonchev–Trinajstić information content (AvgIpc) is 2.74. The van der Waals surface area contributed by atoms with Crippen LogP contribution in [0, 0.1) is 0 Å². The first-order valence-electron chi connectivity index (χ1n) is 8.66. The Labute approximate surface area is 183 Å². The topological polar surface area (TPSA) is 97.4 Å². The number of benzene rings is 2. The highest BCUT2D eigenvalue weighted by Gasteiger charge is 2.18. The average molecular weight is 464 g/mol. The van der Waals surface area contributed by atoms with Gasteiger partial charge in [-0.25, -0.2) is 8.42 Å². The van der Waals surface area contributed by atoms with Crippen molar-refractivity contribution >= 4 is 50.7 Å². The molecule has 2 aromatic carbocycles. The van der Waals surface area contributed by atoms with Crippen molar-refractivity contribution in [3.05, 3.63) is 72.0 Å². The van der Waals surface area contributed by atoms with E-state index in [9.17, 15) is 13.2 Å². The molecular weight excluding hydrogens is 446 g/mol. The van der Waals surface area contributed by atoms with Gasteiger partial charge in [0.1, 0.15) is 5.75 Å². The molecule has 0 bridgehead atoms. The number of amides is 1. The Morgan fingerprint density at radius 1 is 1.10 bits per heavy atom. The molecule has 1 heterocycles. The second kappa shape index (κ2) is 9.84. The van der Waals surface area contributed by atoms with Crippen LogP contribution in [-0.2, 0) is 14.8 Å². The van der Waals surface area contributed by atoms with Crippen LogP contribution >= 0.6 is 23.4 Å². The Morgan fingerprint density at radius 2 is 1.80 bits per heavy atom. The molecule has 0 aliphatic rings. The van der Waals surface area contributed by atoms with E-state index in [0.717, 1.165) is 4.90 Å². The molecule has 0 saturated carbocycles. The molecule has 0 fully saturated rings. The second-order valence-corrected chi connectivity index (χ2v) is 9.16. The largest absolute Gasteiger partial charge is 0.495 e. The van der Waals surface area contributed by atoms with Crippen LogP contribution in [0.5, 0.6) is 5.75 Å². The zero-order valence-corrected chi connectivity index (χ0v) is 18.2. The highest BCUT2D eigenvalue weighted by molar-refractivity contribution is 8.00. The zero-order chi connectivity index (χ0) is 21.6. The monoisotopic (exact) mass is 463 g/mol. The summed E-state index contributed by atoms with van der Waals surface area (Å²) in [6, 6.07) is 14.1. The van der Waals surface area contributed by atoms with Crippen LogP contribution in [0.1, 0.15) is 0 Å². The number of anilines is 2. The predicted molar refractivity (Wildman–Crippen MR) is 119 cm³/mol. The van der Waals surface area contributed by atoms with E-state index in [1.165, 1.54) is 37.1 Å². The van der Waals surface area contributed by atoms with Crippen LogP contribution in [-0.4, -0.2) is 32.2 Å². The van der Waals surface area contributed by atoms with E-state index in [2.05, 4.69) is 15.0 Å². The fourth-order valence-corrected chi connectivity index (χ4v) is 4.35. The normalized spacial score (nSPS) is 11.0. The molecule has 7 nitrogen and oxygen atoms in total. The van der Waals surface area contributed by atoms with Crippen LogP contribution in [0.2, 0.25) is 5.02 Å². The summed E-state index contributed by atoms with van der Waals surface area (Å²) in [5, 5.41) is 3.20. The highest BCUT2D eigenvalue weighted by Crippen LogP contribution is 2.29. The fraction of sp³-hybridized carbons (Fsp3) is 0.100. The van der Waals surface area contributed by atoms with E-state index in [1.54, 1.807) is 48.8 Å². The van der Waals surface area contributed by atoms with E-state index in [-0.39, 0.29) is 22.2 Å². The van der Waals surface area contributed by atoms with Crippen LogP contribution in [0.15, 0.2) is 76.8 Å². The second-order valence-electron chi connectivity index (χ2n) is 5.99. The maximum Gasteiger partial charge on any atom is 0.261 e. The molecular formula is C20H18ClN3O4S2. The quantitative estimate of drug-likeness (QED) is 0.484. The third-order valence-corrected chi connectivity index (χ3v) is 6.51. The number of sulfonamides is 1. The van der Waals surface area contributed by atoms with Crippen LogP contribution < -0.4 is 14.8 Å². The number of pyridine rings is 1. The number of nitrogens with zero attached hydrogens (tertiary/aromatic N) is 1. The van der Waals surface area contributed by atoms with Crippen molar-refractivity contribution in [2.45, 2.75) is 9.79 Å². The standard InChI is InChI=1S/C20H18ClN3O4S2/c1-28-19-7-6-17(30(26,27)24-15-4-2-14(21)3-5-15)12-18(19)23-20(25)13-29-16-8-10-22-11-9-16/h2-12,24H,13H2,1H3,(H,23,25). The van der Waals surface area contributed by atoms with Gasteiger partial charge in [0.25, 0.3) is 10.0 Å². The minimum Gasteiger partial charge on any atom is -0.495 e. The van der Waals surface area contributed by atoms with Gasteiger partial charge in [-0.3, -0.25) is 14.5 Å². The van der Waals surface area contributed by atoms with Crippen molar-refractivity contribution in [1.29, 1.82) is 0 Å². The Bertz CT molecular complexity index is 1120. The number of aromatic nitrogens is 1. The molecule has 0 atom stereocenters. The summed E-state index contributed by atoms with van der Waals surface area (Å²) in [6.45, 7) is 0. The van der Waals surface area contributed by atoms with Gasteiger partial charge in [-0.05, 0) is 54.6 Å². The van der Waals surface area contributed by atoms with Crippen molar-refractivity contribution in [3.63, 3.8) is 0 Å². The molecule has 156 valence electrons. The van der Waals surface area contributed by atoms with Crippen LogP contribution in [0.25, 0.3) is 0 Å². The predicted octanol–water partition coefficient (Wildman–Crippen LogP) is 4.28. The van der Waals surface area contributed by atoms with Crippen molar-refractivity contribution < 1.29 is 17.9 Å². The first-order valence-corrected chi connectivity index (χ1v) is 11.5. The van der Waals surface area contributed by atoms with E-state index in [1.807, 2.05) is 0 Å². The summed E-state index contributed by atoms with van der Waals surface area (Å²) in [5.74, 6) is 0.200. The van der Waals surface area contributed by atoms with Gasteiger partial charge in [0.05, 0.1) is 23.4 Å². The first-order chi connectivity index (χ1) is 14.4. The van der Waals surface area contributed by atoms with Crippen molar-refractivity contribution in [2.24, 2.45) is 0 Å². The summed E-state index contributed by atoms with van der Waals surface area (Å²) >= 11 is 7.17. The molecule has 10 heteroatoms. The third kappa shape index (κ3) is 5.88. The summed E-state index contributed by atoms with van der Waals surface area (Å²) in [6.07, 6.45) is 3.29. The lowest BCUT2D eigenvalue weighted by atomic mass is 10.3. The number of methoxy groups -OCH3 is 1. The number of rotatable bonds is 8. The summed E-state index contributed by atoms with van der Waals surface area (Å²) in [5.41, 5.74) is 0.631. The smallest absolute Gasteiger partial charge is 0.261 e. The van der Waals surface area contributed by atoms with E-state index in [4.69, 9.17) is 16.3 Å². The third-order valence-electron chi connectivity index (χ3n) is 3.87. The van der Waals surface area contributed by atoms with Gasteiger partial charge < -0.3 is 10.1 Å². The van der Waals surface area contributed by atoms with Gasteiger partial charge in [-0.1, -0.05) is 11.6 Å². The van der Waals surface area contributed by atoms with Gasteiger partial charge in [-0.15, -0.1) is 11.8 Å². The zero-order valence-electron chi connectivity index (χ0n) is 15.8. The molecule has 1 amide bonds. The van der Waals surface area contributed by atoms with E-state index in [0.29, 0.717) is 16.5 Å². The number of thioether (sulfide) groups is 1. The van der Waals surface area contributed by atoms with Crippen LogP contribution in [0.3, 0.4) is 0 Å². The molecule has 0 aliphatic heterocycles. The molecule has 1 aromatic heterocycles. The number of carbonyl (C=O) groups is 1. The van der Waals surface area contributed by atoms with Gasteiger partial charge >= 0.3 is 0 Å². The van der Waals surface area contributed by atoms with Gasteiger partial charge in [-0.2, -0.15) is 0 Å². The molecule has 0 saturated heterocycles. The Kier molecular flexibility index (Phi) is 7.20. The van der Waals surface area contributed by atoms with Gasteiger partial charge in [0.15, 0.2) is 0 Å². The maximum absolute atomic E-state index is 12.7. The maximum atomic E-state index is 12.7. The molecule has 3 rings (SSSR count). The molecule has 3 aromatic rings.